The van der Waals surface area contributed by atoms with Gasteiger partial charge in [0.15, 0.2) is 5.13 Å². The SMILES string of the molecule is Cc1cc(/C(O)=C2\C(=O)C(=O)N(c3nc4ccc(C(C)C)cc4s3)C2c2cccs2)ccc1OC(C)C. The Labute approximate surface area is 223 Å². The van der Waals surface area contributed by atoms with Crippen LogP contribution in [0.5, 0.6) is 5.75 Å². The summed E-state index contributed by atoms with van der Waals surface area (Å²) in [5.74, 6) is -0.562. The van der Waals surface area contributed by atoms with E-state index in [0.717, 1.165) is 20.7 Å². The Morgan fingerprint density at radius 3 is 2.51 bits per heavy atom. The molecule has 4 aromatic rings. The van der Waals surface area contributed by atoms with Crippen molar-refractivity contribution in [2.45, 2.75) is 52.7 Å². The average molecular weight is 533 g/mol. The van der Waals surface area contributed by atoms with Crippen molar-refractivity contribution < 1.29 is 19.4 Å². The average Bonchev–Trinajstić information content (AvgIpc) is 3.58. The highest BCUT2D eigenvalue weighted by Gasteiger charge is 2.48. The van der Waals surface area contributed by atoms with Crippen LogP contribution in [0.15, 0.2) is 59.5 Å². The van der Waals surface area contributed by atoms with Gasteiger partial charge in [-0.25, -0.2) is 4.98 Å². The first-order valence-corrected chi connectivity index (χ1v) is 13.9. The molecule has 0 aliphatic carbocycles. The summed E-state index contributed by atoms with van der Waals surface area (Å²) in [4.78, 5) is 33.8. The molecule has 1 fully saturated rings. The van der Waals surface area contributed by atoms with E-state index in [1.165, 1.54) is 33.1 Å². The summed E-state index contributed by atoms with van der Waals surface area (Å²) < 4.78 is 6.77. The van der Waals surface area contributed by atoms with Gasteiger partial charge in [0.25, 0.3) is 5.78 Å². The zero-order valence-corrected chi connectivity index (χ0v) is 22.9. The van der Waals surface area contributed by atoms with Crippen LogP contribution < -0.4 is 9.64 Å². The van der Waals surface area contributed by atoms with Gasteiger partial charge in [-0.1, -0.05) is 37.3 Å². The van der Waals surface area contributed by atoms with Gasteiger partial charge in [-0.15, -0.1) is 11.3 Å². The van der Waals surface area contributed by atoms with Crippen LogP contribution in [-0.4, -0.2) is 27.9 Å². The molecule has 2 aromatic heterocycles. The van der Waals surface area contributed by atoms with Crippen molar-refractivity contribution in [3.8, 4) is 5.75 Å². The van der Waals surface area contributed by atoms with Gasteiger partial charge in [0, 0.05) is 10.4 Å². The number of aliphatic hydroxyl groups excluding tert-OH is 1. The number of Topliss-reactive ketones (excluding diaryl/α,β-unsaturated/α-hetero) is 1. The lowest BCUT2D eigenvalue weighted by Crippen LogP contribution is -2.28. The fourth-order valence-electron chi connectivity index (χ4n) is 4.48. The number of hydrogen-bond donors (Lipinski definition) is 1. The molecule has 1 aliphatic heterocycles. The Balaban J connectivity index is 1.64. The molecule has 6 nitrogen and oxygen atoms in total. The molecule has 1 aliphatic rings. The standard InChI is InChI=1S/C29H28N2O4S2/c1-15(2)18-8-10-20-23(14-18)37-29(30-20)31-25(22-7-6-12-36-22)24(27(33)28(31)34)26(32)19-9-11-21(17(5)13-19)35-16(3)4/h6-16,25,32H,1-5H3/b26-24+. The lowest BCUT2D eigenvalue weighted by Gasteiger charge is -2.21. The minimum atomic E-state index is -0.767. The summed E-state index contributed by atoms with van der Waals surface area (Å²) in [7, 11) is 0. The topological polar surface area (TPSA) is 79.7 Å². The number of thiazole rings is 1. The predicted molar refractivity (Wildman–Crippen MR) is 150 cm³/mol. The van der Waals surface area contributed by atoms with E-state index in [1.54, 1.807) is 18.2 Å². The molecule has 1 atom stereocenters. The molecule has 190 valence electrons. The molecule has 0 radical (unpaired) electrons. The monoisotopic (exact) mass is 532 g/mol. The number of aryl methyl sites for hydroxylation is 1. The predicted octanol–water partition coefficient (Wildman–Crippen LogP) is 7.20. The van der Waals surface area contributed by atoms with Gasteiger partial charge in [-0.05, 0) is 79.6 Å². The zero-order valence-electron chi connectivity index (χ0n) is 21.3. The quantitative estimate of drug-likeness (QED) is 0.161. The van der Waals surface area contributed by atoms with E-state index in [-0.39, 0.29) is 17.4 Å². The van der Waals surface area contributed by atoms with E-state index >= 15 is 0 Å². The van der Waals surface area contributed by atoms with E-state index in [9.17, 15) is 14.7 Å². The van der Waals surface area contributed by atoms with Crippen molar-refractivity contribution in [1.82, 2.24) is 4.98 Å². The summed E-state index contributed by atoms with van der Waals surface area (Å²) in [6.07, 6.45) is 0.00715. The molecule has 37 heavy (non-hydrogen) atoms. The van der Waals surface area contributed by atoms with E-state index in [4.69, 9.17) is 9.72 Å². The first kappa shape index (κ1) is 25.2. The number of benzene rings is 2. The summed E-state index contributed by atoms with van der Waals surface area (Å²) in [5.41, 5.74) is 3.30. The van der Waals surface area contributed by atoms with E-state index < -0.39 is 17.7 Å². The van der Waals surface area contributed by atoms with E-state index in [1.807, 2.05) is 50.4 Å². The van der Waals surface area contributed by atoms with Crippen LogP contribution in [0.25, 0.3) is 16.0 Å². The molecule has 8 heteroatoms. The molecule has 0 spiro atoms. The second-order valence-electron chi connectivity index (χ2n) is 9.71. The van der Waals surface area contributed by atoms with Gasteiger partial charge in [0.1, 0.15) is 17.6 Å². The number of amides is 1. The number of aromatic nitrogens is 1. The zero-order chi connectivity index (χ0) is 26.4. The Hall–Kier alpha value is -3.49. The van der Waals surface area contributed by atoms with Crippen molar-refractivity contribution in [3.63, 3.8) is 0 Å². The highest BCUT2D eigenvalue weighted by molar-refractivity contribution is 7.22. The highest BCUT2D eigenvalue weighted by Crippen LogP contribution is 2.45. The number of fused-ring (bicyclic) bond motifs is 1. The van der Waals surface area contributed by atoms with Gasteiger partial charge in [0.05, 0.1) is 21.9 Å². The Kier molecular flexibility index (Phi) is 6.64. The minimum absolute atomic E-state index is 0.00715. The number of hydrogen-bond acceptors (Lipinski definition) is 7. The van der Waals surface area contributed by atoms with Crippen LogP contribution in [-0.2, 0) is 9.59 Å². The first-order chi connectivity index (χ1) is 17.7. The van der Waals surface area contributed by atoms with E-state index in [2.05, 4.69) is 19.9 Å². The second kappa shape index (κ2) is 9.76. The maximum atomic E-state index is 13.4. The number of carbonyl (C=O) groups excluding carboxylic acids is 2. The summed E-state index contributed by atoms with van der Waals surface area (Å²) in [6.45, 7) is 10.0. The molecular weight excluding hydrogens is 504 g/mol. The molecule has 1 unspecified atom stereocenters. The fraction of sp³-hybridized carbons (Fsp3) is 0.276. The van der Waals surface area contributed by atoms with Crippen molar-refractivity contribution in [3.05, 3.63) is 81.1 Å². The van der Waals surface area contributed by atoms with Gasteiger partial charge in [-0.2, -0.15) is 0 Å². The third-order valence-corrected chi connectivity index (χ3v) is 8.28. The Morgan fingerprint density at radius 2 is 1.86 bits per heavy atom. The molecule has 5 rings (SSSR count). The van der Waals surface area contributed by atoms with Crippen molar-refractivity contribution >= 4 is 55.5 Å². The van der Waals surface area contributed by atoms with Crippen LogP contribution in [0.1, 0.15) is 61.2 Å². The number of rotatable bonds is 6. The number of aliphatic hydroxyl groups is 1. The van der Waals surface area contributed by atoms with E-state index in [0.29, 0.717) is 22.4 Å². The van der Waals surface area contributed by atoms with Gasteiger partial charge >= 0.3 is 5.91 Å². The van der Waals surface area contributed by atoms with Gasteiger partial charge in [0.2, 0.25) is 0 Å². The molecule has 1 N–H and O–H groups in total. The molecule has 2 aromatic carbocycles. The fourth-order valence-corrected chi connectivity index (χ4v) is 6.34. The van der Waals surface area contributed by atoms with Gasteiger partial charge in [-0.3, -0.25) is 14.5 Å². The number of ketones is 1. The van der Waals surface area contributed by atoms with Crippen LogP contribution in [0.3, 0.4) is 0 Å². The normalized spacial score (nSPS) is 17.5. The van der Waals surface area contributed by atoms with Crippen LogP contribution in [0, 0.1) is 6.92 Å². The van der Waals surface area contributed by atoms with Crippen LogP contribution >= 0.6 is 22.7 Å². The summed E-state index contributed by atoms with van der Waals surface area (Å²) in [5, 5.41) is 13.7. The Bertz CT molecular complexity index is 1530. The number of thiophene rings is 1. The number of ether oxygens (including phenoxy) is 1. The number of nitrogens with zero attached hydrogens (tertiary/aromatic N) is 2. The number of anilines is 1. The van der Waals surface area contributed by atoms with Crippen LogP contribution in [0.2, 0.25) is 0 Å². The lowest BCUT2D eigenvalue weighted by molar-refractivity contribution is -0.132. The maximum Gasteiger partial charge on any atom is 0.301 e. The molecule has 1 saturated heterocycles. The smallest absolute Gasteiger partial charge is 0.301 e. The second-order valence-corrected chi connectivity index (χ2v) is 11.7. The summed E-state index contributed by atoms with van der Waals surface area (Å²) >= 11 is 2.81. The highest BCUT2D eigenvalue weighted by atomic mass is 32.1. The van der Waals surface area contributed by atoms with Crippen molar-refractivity contribution in [2.24, 2.45) is 0 Å². The summed E-state index contributed by atoms with van der Waals surface area (Å²) in [6, 6.07) is 14.3. The lowest BCUT2D eigenvalue weighted by atomic mass is 9.99. The Morgan fingerprint density at radius 1 is 1.08 bits per heavy atom. The maximum absolute atomic E-state index is 13.4. The molecular formula is C29H28N2O4S2. The minimum Gasteiger partial charge on any atom is -0.507 e. The first-order valence-electron chi connectivity index (χ1n) is 12.2. The molecule has 0 saturated carbocycles. The van der Waals surface area contributed by atoms with Crippen LogP contribution in [0.4, 0.5) is 5.13 Å². The van der Waals surface area contributed by atoms with Crippen molar-refractivity contribution in [2.75, 3.05) is 4.90 Å². The molecule has 1 amide bonds. The van der Waals surface area contributed by atoms with Gasteiger partial charge < -0.3 is 9.84 Å². The van der Waals surface area contributed by atoms with Crippen molar-refractivity contribution in [1.29, 1.82) is 0 Å². The molecule has 3 heterocycles. The number of carbonyl (C=O) groups is 2. The molecule has 0 bridgehead atoms. The largest absolute Gasteiger partial charge is 0.507 e. The third kappa shape index (κ3) is 4.55. The third-order valence-electron chi connectivity index (χ3n) is 6.34.